The maximum absolute atomic E-state index is 9.31. The molecule has 1 saturated carbocycles. The molecule has 0 unspecified atom stereocenters. The maximum Gasteiger partial charge on any atom is 0.137 e. The first-order valence-electron chi connectivity index (χ1n) is 7.05. The summed E-state index contributed by atoms with van der Waals surface area (Å²) in [6.07, 6.45) is 5.41. The molecule has 0 atom stereocenters. The van der Waals surface area contributed by atoms with Crippen molar-refractivity contribution < 1.29 is 4.74 Å². The standard InChI is InChI=1S/C17H15ClN2O/c18-17-9-14(6-7-20-17)13-4-5-16(15(8-13)10-19)21-11-12-2-1-3-12/h4-9,12H,1-3,11H2. The molecule has 106 valence electrons. The van der Waals surface area contributed by atoms with Crippen molar-refractivity contribution in [3.8, 4) is 22.9 Å². The van der Waals surface area contributed by atoms with E-state index in [-0.39, 0.29) is 0 Å². The van der Waals surface area contributed by atoms with Crippen LogP contribution in [0.1, 0.15) is 24.8 Å². The molecule has 3 rings (SSSR count). The summed E-state index contributed by atoms with van der Waals surface area (Å²) < 4.78 is 5.79. The molecular formula is C17H15ClN2O. The first-order valence-corrected chi connectivity index (χ1v) is 7.43. The monoisotopic (exact) mass is 298 g/mol. The molecule has 1 aromatic heterocycles. The third-order valence-electron chi connectivity index (χ3n) is 3.86. The molecule has 0 aliphatic heterocycles. The lowest BCUT2D eigenvalue weighted by Gasteiger charge is -2.25. The van der Waals surface area contributed by atoms with Gasteiger partial charge in [0.25, 0.3) is 0 Å². The summed E-state index contributed by atoms with van der Waals surface area (Å²) in [5.41, 5.74) is 2.43. The minimum absolute atomic E-state index is 0.441. The minimum Gasteiger partial charge on any atom is -0.492 e. The fourth-order valence-corrected chi connectivity index (χ4v) is 2.55. The second kappa shape index (κ2) is 6.15. The van der Waals surface area contributed by atoms with Crippen LogP contribution in [0.25, 0.3) is 11.1 Å². The van der Waals surface area contributed by atoms with E-state index in [0.29, 0.717) is 29.0 Å². The Kier molecular flexibility index (Phi) is 4.08. The van der Waals surface area contributed by atoms with Crippen molar-refractivity contribution in [3.05, 3.63) is 47.2 Å². The first-order chi connectivity index (χ1) is 10.3. The number of hydrogen-bond acceptors (Lipinski definition) is 3. The SMILES string of the molecule is N#Cc1cc(-c2ccnc(Cl)c2)ccc1OCC1CCC1. The Hall–Kier alpha value is -2.05. The van der Waals surface area contributed by atoms with Crippen molar-refractivity contribution in [2.45, 2.75) is 19.3 Å². The Morgan fingerprint density at radius 2 is 2.05 bits per heavy atom. The van der Waals surface area contributed by atoms with Crippen molar-refractivity contribution in [3.63, 3.8) is 0 Å². The van der Waals surface area contributed by atoms with Gasteiger partial charge in [-0.2, -0.15) is 5.26 Å². The van der Waals surface area contributed by atoms with Gasteiger partial charge in [-0.1, -0.05) is 24.1 Å². The number of benzene rings is 1. The third-order valence-corrected chi connectivity index (χ3v) is 4.07. The molecule has 1 aromatic carbocycles. The highest BCUT2D eigenvalue weighted by atomic mass is 35.5. The van der Waals surface area contributed by atoms with Crippen LogP contribution in [-0.2, 0) is 0 Å². The van der Waals surface area contributed by atoms with Crippen molar-refractivity contribution in [1.82, 2.24) is 4.98 Å². The van der Waals surface area contributed by atoms with E-state index >= 15 is 0 Å². The predicted molar refractivity (Wildman–Crippen MR) is 82.2 cm³/mol. The second-order valence-corrected chi connectivity index (χ2v) is 5.69. The van der Waals surface area contributed by atoms with Crippen LogP contribution in [0.2, 0.25) is 5.15 Å². The molecule has 21 heavy (non-hydrogen) atoms. The lowest BCUT2D eigenvalue weighted by atomic mass is 9.86. The zero-order valence-electron chi connectivity index (χ0n) is 11.6. The number of halogens is 1. The molecule has 0 spiro atoms. The first kappa shape index (κ1) is 13.9. The van der Waals surface area contributed by atoms with Gasteiger partial charge in [0.05, 0.1) is 12.2 Å². The van der Waals surface area contributed by atoms with Crippen molar-refractivity contribution >= 4 is 11.6 Å². The molecule has 0 amide bonds. The van der Waals surface area contributed by atoms with Gasteiger partial charge < -0.3 is 4.74 Å². The molecule has 0 saturated heterocycles. The fourth-order valence-electron chi connectivity index (χ4n) is 2.37. The zero-order valence-corrected chi connectivity index (χ0v) is 12.3. The van der Waals surface area contributed by atoms with E-state index < -0.39 is 0 Å². The van der Waals surface area contributed by atoms with Gasteiger partial charge in [-0.3, -0.25) is 0 Å². The van der Waals surface area contributed by atoms with Crippen LogP contribution in [-0.4, -0.2) is 11.6 Å². The summed E-state index contributed by atoms with van der Waals surface area (Å²) in [4.78, 5) is 3.97. The van der Waals surface area contributed by atoms with Gasteiger partial charge >= 0.3 is 0 Å². The molecular weight excluding hydrogens is 284 g/mol. The number of aromatic nitrogens is 1. The third kappa shape index (κ3) is 3.17. The fraction of sp³-hybridized carbons (Fsp3) is 0.294. The van der Waals surface area contributed by atoms with Gasteiger partial charge in [0.1, 0.15) is 17.0 Å². The second-order valence-electron chi connectivity index (χ2n) is 5.30. The zero-order chi connectivity index (χ0) is 14.7. The van der Waals surface area contributed by atoms with E-state index in [9.17, 15) is 5.26 Å². The van der Waals surface area contributed by atoms with Crippen LogP contribution in [0.3, 0.4) is 0 Å². The predicted octanol–water partition coefficient (Wildman–Crippen LogP) is 4.45. The summed E-state index contributed by atoms with van der Waals surface area (Å²) in [6, 6.07) is 11.5. The van der Waals surface area contributed by atoms with Crippen molar-refractivity contribution in [2.75, 3.05) is 6.61 Å². The van der Waals surface area contributed by atoms with E-state index in [0.717, 1.165) is 11.1 Å². The molecule has 0 N–H and O–H groups in total. The Bertz CT molecular complexity index is 689. The molecule has 1 heterocycles. The van der Waals surface area contributed by atoms with Crippen molar-refractivity contribution in [1.29, 1.82) is 5.26 Å². The minimum atomic E-state index is 0.441. The largest absolute Gasteiger partial charge is 0.492 e. The van der Waals surface area contributed by atoms with Gasteiger partial charge in [0, 0.05) is 6.20 Å². The van der Waals surface area contributed by atoms with Gasteiger partial charge in [-0.25, -0.2) is 4.98 Å². The molecule has 0 bridgehead atoms. The van der Waals surface area contributed by atoms with Crippen LogP contribution in [0.5, 0.6) is 5.75 Å². The highest BCUT2D eigenvalue weighted by Gasteiger charge is 2.18. The van der Waals surface area contributed by atoms with E-state index in [2.05, 4.69) is 11.1 Å². The molecule has 1 aliphatic rings. The average molecular weight is 299 g/mol. The summed E-state index contributed by atoms with van der Waals surface area (Å²) in [7, 11) is 0. The lowest BCUT2D eigenvalue weighted by molar-refractivity contribution is 0.180. The molecule has 0 radical (unpaired) electrons. The lowest BCUT2D eigenvalue weighted by Crippen LogP contribution is -2.19. The highest BCUT2D eigenvalue weighted by molar-refractivity contribution is 6.29. The van der Waals surface area contributed by atoms with Crippen LogP contribution in [0.15, 0.2) is 36.5 Å². The van der Waals surface area contributed by atoms with Crippen LogP contribution < -0.4 is 4.74 Å². The molecule has 2 aromatic rings. The number of ether oxygens (including phenoxy) is 1. The molecule has 4 heteroatoms. The Morgan fingerprint density at radius 3 is 2.71 bits per heavy atom. The molecule has 1 aliphatic carbocycles. The number of pyridine rings is 1. The summed E-state index contributed by atoms with van der Waals surface area (Å²) >= 11 is 5.91. The smallest absolute Gasteiger partial charge is 0.137 e. The Balaban J connectivity index is 1.82. The normalized spacial score (nSPS) is 14.3. The number of rotatable bonds is 4. The molecule has 1 fully saturated rings. The summed E-state index contributed by atoms with van der Waals surface area (Å²) in [5, 5.41) is 9.75. The van der Waals surface area contributed by atoms with Gasteiger partial charge in [0.2, 0.25) is 0 Å². The maximum atomic E-state index is 9.31. The van der Waals surface area contributed by atoms with Gasteiger partial charge in [-0.15, -0.1) is 0 Å². The number of nitrogens with zero attached hydrogens (tertiary/aromatic N) is 2. The van der Waals surface area contributed by atoms with Crippen molar-refractivity contribution in [2.24, 2.45) is 5.92 Å². The van der Waals surface area contributed by atoms with Crippen LogP contribution in [0, 0.1) is 17.2 Å². The van der Waals surface area contributed by atoms with Gasteiger partial charge in [-0.05, 0) is 54.2 Å². The number of hydrogen-bond donors (Lipinski definition) is 0. The van der Waals surface area contributed by atoms with Crippen LogP contribution in [0.4, 0.5) is 0 Å². The van der Waals surface area contributed by atoms with E-state index in [4.69, 9.17) is 16.3 Å². The summed E-state index contributed by atoms with van der Waals surface area (Å²) in [6.45, 7) is 0.703. The summed E-state index contributed by atoms with van der Waals surface area (Å²) in [5.74, 6) is 1.31. The van der Waals surface area contributed by atoms with Crippen LogP contribution >= 0.6 is 11.6 Å². The molecule has 3 nitrogen and oxygen atoms in total. The average Bonchev–Trinajstić information content (AvgIpc) is 2.46. The van der Waals surface area contributed by atoms with E-state index in [1.165, 1.54) is 19.3 Å². The van der Waals surface area contributed by atoms with E-state index in [1.54, 1.807) is 12.3 Å². The van der Waals surface area contributed by atoms with Gasteiger partial charge in [0.15, 0.2) is 0 Å². The quantitative estimate of drug-likeness (QED) is 0.783. The number of nitriles is 1. The highest BCUT2D eigenvalue weighted by Crippen LogP contribution is 2.30. The van der Waals surface area contributed by atoms with E-state index in [1.807, 2.05) is 24.3 Å². The Labute approximate surface area is 129 Å². The Morgan fingerprint density at radius 1 is 1.24 bits per heavy atom. The topological polar surface area (TPSA) is 45.9 Å².